The van der Waals surface area contributed by atoms with Crippen molar-refractivity contribution < 1.29 is 15.0 Å². The lowest BCUT2D eigenvalue weighted by molar-refractivity contribution is -0.123. The van der Waals surface area contributed by atoms with Gasteiger partial charge in [0, 0.05) is 6.42 Å². The maximum Gasteiger partial charge on any atom is 0.220 e. The molecule has 3 N–H and O–H groups in total. The Labute approximate surface area is 375 Å². The number of nitrogens with one attached hydrogen (secondary N) is 1. The molecule has 0 rings (SSSR count). The number of hydrogen-bond acceptors (Lipinski definition) is 3. The number of allylic oxidation sites excluding steroid dienone is 7. The van der Waals surface area contributed by atoms with Gasteiger partial charge in [0.05, 0.1) is 18.8 Å². The third kappa shape index (κ3) is 47.4. The molecule has 0 aliphatic rings. The second-order valence-corrected chi connectivity index (χ2v) is 18.3. The summed E-state index contributed by atoms with van der Waals surface area (Å²) in [6, 6.07) is -0.651. The standard InChI is InChI=1S/C56H105NO3/c1-3-5-7-9-11-13-15-17-19-21-22-23-24-25-26-27-28-29-30-31-32-33-34-35-36-37-39-41-43-45-47-49-51-55(59)54(53-58)57-56(60)52-50-48-46-44-42-40-38-20-18-16-14-12-10-8-6-4-2/h20,35-36,38,41,43,49,51,54-55,58-59H,3-19,21-34,37,39-40,42,44-48,50,52-53H2,1-2H3,(H,57,60)/b36-35+,38-20-,43-41+,51-49+. The summed E-state index contributed by atoms with van der Waals surface area (Å²) in [7, 11) is 0. The topological polar surface area (TPSA) is 69.6 Å². The Balaban J connectivity index is 3.55. The molecule has 0 fully saturated rings. The van der Waals surface area contributed by atoms with Gasteiger partial charge < -0.3 is 15.5 Å². The maximum absolute atomic E-state index is 12.4. The first-order valence-electron chi connectivity index (χ1n) is 26.9. The molecular weight excluding hydrogens is 735 g/mol. The summed E-state index contributed by atoms with van der Waals surface area (Å²) >= 11 is 0. The van der Waals surface area contributed by atoms with Crippen molar-refractivity contribution in [2.75, 3.05) is 6.61 Å². The van der Waals surface area contributed by atoms with E-state index < -0.39 is 12.1 Å². The molecule has 0 aromatic carbocycles. The molecule has 352 valence electrons. The molecule has 0 heterocycles. The summed E-state index contributed by atoms with van der Waals surface area (Å²) in [6.07, 6.45) is 71.3. The molecule has 1 amide bonds. The molecule has 0 saturated heterocycles. The van der Waals surface area contributed by atoms with Crippen molar-refractivity contribution in [2.24, 2.45) is 0 Å². The molecular formula is C56H105NO3. The second-order valence-electron chi connectivity index (χ2n) is 18.3. The highest BCUT2D eigenvalue weighted by atomic mass is 16.3. The van der Waals surface area contributed by atoms with Crippen LogP contribution in [0.3, 0.4) is 0 Å². The Kier molecular flexibility index (Phi) is 50.3. The molecule has 0 bridgehead atoms. The Hall–Kier alpha value is -1.65. The zero-order valence-corrected chi connectivity index (χ0v) is 40.5. The number of aliphatic hydroxyl groups is 2. The van der Waals surface area contributed by atoms with Crippen LogP contribution in [0, 0.1) is 0 Å². The summed E-state index contributed by atoms with van der Waals surface area (Å²) in [5.74, 6) is -0.0854. The Morgan fingerprint density at radius 1 is 0.383 bits per heavy atom. The van der Waals surface area contributed by atoms with Gasteiger partial charge in [-0.2, -0.15) is 0 Å². The van der Waals surface area contributed by atoms with E-state index in [0.717, 1.165) is 51.4 Å². The number of rotatable bonds is 49. The van der Waals surface area contributed by atoms with E-state index >= 15 is 0 Å². The van der Waals surface area contributed by atoms with Crippen LogP contribution in [0.15, 0.2) is 48.6 Å². The molecule has 0 spiro atoms. The van der Waals surface area contributed by atoms with E-state index in [9.17, 15) is 15.0 Å². The summed E-state index contributed by atoms with van der Waals surface area (Å²) < 4.78 is 0. The van der Waals surface area contributed by atoms with E-state index in [4.69, 9.17) is 0 Å². The molecule has 60 heavy (non-hydrogen) atoms. The number of aliphatic hydroxyl groups excluding tert-OH is 2. The van der Waals surface area contributed by atoms with Gasteiger partial charge in [0.2, 0.25) is 5.91 Å². The Morgan fingerprint density at radius 2 is 0.650 bits per heavy atom. The predicted octanol–water partition coefficient (Wildman–Crippen LogP) is 17.5. The SMILES string of the molecule is CCCCCCCCC/C=C\CCCCCCCC(=O)NC(CO)C(O)/C=C/CC/C=C/CC/C=C/CCCCCCCCCCCCCCCCCCCCCCCC. The van der Waals surface area contributed by atoms with Crippen LogP contribution in [0.5, 0.6) is 0 Å². The fourth-order valence-electron chi connectivity index (χ4n) is 8.15. The molecule has 2 atom stereocenters. The lowest BCUT2D eigenvalue weighted by Gasteiger charge is -2.19. The van der Waals surface area contributed by atoms with Crippen LogP contribution in [0.4, 0.5) is 0 Å². The minimum absolute atomic E-state index is 0.0854. The maximum atomic E-state index is 12.4. The first-order valence-corrected chi connectivity index (χ1v) is 26.9. The van der Waals surface area contributed by atoms with Gasteiger partial charge in [-0.1, -0.05) is 255 Å². The number of carbonyl (C=O) groups is 1. The van der Waals surface area contributed by atoms with Gasteiger partial charge in [0.1, 0.15) is 0 Å². The first kappa shape index (κ1) is 58.4. The van der Waals surface area contributed by atoms with E-state index in [-0.39, 0.29) is 12.5 Å². The minimum Gasteiger partial charge on any atom is -0.394 e. The van der Waals surface area contributed by atoms with Crippen LogP contribution in [-0.2, 0) is 4.79 Å². The van der Waals surface area contributed by atoms with Crippen LogP contribution >= 0.6 is 0 Å². The zero-order chi connectivity index (χ0) is 43.5. The third-order valence-corrected chi connectivity index (χ3v) is 12.3. The van der Waals surface area contributed by atoms with Crippen LogP contribution in [0.25, 0.3) is 0 Å². The highest BCUT2D eigenvalue weighted by Crippen LogP contribution is 2.16. The van der Waals surface area contributed by atoms with Crippen molar-refractivity contribution in [2.45, 2.75) is 296 Å². The van der Waals surface area contributed by atoms with Crippen molar-refractivity contribution in [3.05, 3.63) is 48.6 Å². The smallest absolute Gasteiger partial charge is 0.220 e. The predicted molar refractivity (Wildman–Crippen MR) is 267 cm³/mol. The van der Waals surface area contributed by atoms with Gasteiger partial charge in [0.15, 0.2) is 0 Å². The highest BCUT2D eigenvalue weighted by Gasteiger charge is 2.17. The fourth-order valence-corrected chi connectivity index (χ4v) is 8.15. The van der Waals surface area contributed by atoms with E-state index in [2.05, 4.69) is 55.6 Å². The monoisotopic (exact) mass is 840 g/mol. The van der Waals surface area contributed by atoms with Crippen LogP contribution in [-0.4, -0.2) is 34.9 Å². The van der Waals surface area contributed by atoms with Crippen molar-refractivity contribution in [3.8, 4) is 0 Å². The molecule has 4 heteroatoms. The Morgan fingerprint density at radius 3 is 0.967 bits per heavy atom. The minimum atomic E-state index is -0.875. The Bertz CT molecular complexity index is 954. The van der Waals surface area contributed by atoms with Gasteiger partial charge in [0.25, 0.3) is 0 Å². The largest absolute Gasteiger partial charge is 0.394 e. The van der Waals surface area contributed by atoms with Crippen molar-refractivity contribution in [1.29, 1.82) is 0 Å². The lowest BCUT2D eigenvalue weighted by Crippen LogP contribution is -2.45. The summed E-state index contributed by atoms with van der Waals surface area (Å²) in [4.78, 5) is 12.4. The van der Waals surface area contributed by atoms with Crippen molar-refractivity contribution in [3.63, 3.8) is 0 Å². The normalized spacial score (nSPS) is 13.2. The lowest BCUT2D eigenvalue weighted by atomic mass is 10.0. The van der Waals surface area contributed by atoms with Gasteiger partial charge in [-0.15, -0.1) is 0 Å². The van der Waals surface area contributed by atoms with Gasteiger partial charge >= 0.3 is 0 Å². The molecule has 2 unspecified atom stereocenters. The first-order chi connectivity index (χ1) is 29.7. The second kappa shape index (κ2) is 51.7. The van der Waals surface area contributed by atoms with Crippen LogP contribution < -0.4 is 5.32 Å². The third-order valence-electron chi connectivity index (χ3n) is 12.3. The molecule has 4 nitrogen and oxygen atoms in total. The van der Waals surface area contributed by atoms with Gasteiger partial charge in [-0.25, -0.2) is 0 Å². The number of amides is 1. The number of carbonyl (C=O) groups excluding carboxylic acids is 1. The quantitative estimate of drug-likeness (QED) is 0.0422. The zero-order valence-electron chi connectivity index (χ0n) is 40.5. The molecule has 0 aliphatic carbocycles. The van der Waals surface area contributed by atoms with Gasteiger partial charge in [-0.3, -0.25) is 4.79 Å². The summed E-state index contributed by atoms with van der Waals surface area (Å²) in [6.45, 7) is 4.30. The van der Waals surface area contributed by atoms with Gasteiger partial charge in [-0.05, 0) is 70.6 Å². The van der Waals surface area contributed by atoms with E-state index in [1.165, 1.54) is 212 Å². The van der Waals surface area contributed by atoms with E-state index in [1.807, 2.05) is 6.08 Å². The fraction of sp³-hybridized carbons (Fsp3) is 0.839. The van der Waals surface area contributed by atoms with E-state index in [0.29, 0.717) is 6.42 Å². The number of hydrogen-bond donors (Lipinski definition) is 3. The average Bonchev–Trinajstić information content (AvgIpc) is 3.25. The number of unbranched alkanes of at least 4 members (excludes halogenated alkanes) is 36. The van der Waals surface area contributed by atoms with Crippen LogP contribution in [0.2, 0.25) is 0 Å². The van der Waals surface area contributed by atoms with Crippen molar-refractivity contribution >= 4 is 5.91 Å². The summed E-state index contributed by atoms with van der Waals surface area (Å²) in [5, 5.41) is 23.1. The molecule has 0 radical (unpaired) electrons. The molecule has 0 saturated carbocycles. The molecule has 0 aliphatic heterocycles. The summed E-state index contributed by atoms with van der Waals surface area (Å²) in [5.41, 5.74) is 0. The van der Waals surface area contributed by atoms with Crippen LogP contribution in [0.1, 0.15) is 284 Å². The highest BCUT2D eigenvalue weighted by molar-refractivity contribution is 5.76. The molecule has 0 aromatic heterocycles. The molecule has 0 aromatic rings. The van der Waals surface area contributed by atoms with Crippen molar-refractivity contribution in [1.82, 2.24) is 5.32 Å². The average molecular weight is 840 g/mol. The van der Waals surface area contributed by atoms with E-state index in [1.54, 1.807) is 6.08 Å².